The van der Waals surface area contributed by atoms with E-state index in [1.54, 1.807) is 62.8 Å². The number of esters is 2. The smallest absolute Gasteiger partial charge is 0.411 e. The Morgan fingerprint density at radius 1 is 0.598 bits per heavy atom. The molecule has 2 saturated heterocycles. The van der Waals surface area contributed by atoms with Crippen LogP contribution in [0.15, 0.2) is 141 Å². The number of anilines is 2. The number of halogens is 8. The Morgan fingerprint density at radius 3 is 1.42 bits per heavy atom. The number of carboxylic acid groups (broad SMARTS) is 1. The summed E-state index contributed by atoms with van der Waals surface area (Å²) in [6.07, 6.45) is -0.0213. The predicted octanol–water partition coefficient (Wildman–Crippen LogP) is 6.90. The van der Waals surface area contributed by atoms with Crippen molar-refractivity contribution in [1.82, 2.24) is 48.8 Å². The van der Waals surface area contributed by atoms with Crippen molar-refractivity contribution in [3.63, 3.8) is 0 Å². The molecule has 4 aromatic carbocycles. The number of carboxylic acids is 1. The van der Waals surface area contributed by atoms with Crippen LogP contribution >= 0.6 is 0 Å². The number of ether oxygens (including phenoxy) is 4. The van der Waals surface area contributed by atoms with Gasteiger partial charge in [0, 0.05) is 80.5 Å². The van der Waals surface area contributed by atoms with E-state index in [-0.39, 0.29) is 77.8 Å². The second kappa shape index (κ2) is 30.3. The summed E-state index contributed by atoms with van der Waals surface area (Å²) >= 11 is 0. The van der Waals surface area contributed by atoms with Crippen LogP contribution in [0.1, 0.15) is 43.0 Å². The molecule has 0 spiro atoms. The van der Waals surface area contributed by atoms with Crippen LogP contribution in [0, 0.1) is 25.5 Å². The largest absolute Gasteiger partial charge is 0.478 e. The first kappa shape index (κ1) is 73.4. The lowest BCUT2D eigenvalue weighted by atomic mass is 9.99. The number of aryl methyl sites for hydroxylation is 4. The minimum Gasteiger partial charge on any atom is -0.478 e. The van der Waals surface area contributed by atoms with Crippen molar-refractivity contribution in [2.45, 2.75) is 63.2 Å². The first-order valence-corrected chi connectivity index (χ1v) is 31.2. The van der Waals surface area contributed by atoms with Gasteiger partial charge in [-0.05, 0) is 110 Å². The van der Waals surface area contributed by atoms with Crippen LogP contribution in [0.4, 0.5) is 46.5 Å². The van der Waals surface area contributed by atoms with Gasteiger partial charge in [0.15, 0.2) is 0 Å². The minimum absolute atomic E-state index is 0.000579. The summed E-state index contributed by atoms with van der Waals surface area (Å²) in [5, 5.41) is 16.2. The molecule has 102 heavy (non-hydrogen) atoms. The van der Waals surface area contributed by atoms with E-state index < -0.39 is 113 Å². The molecule has 2 aliphatic heterocycles. The number of methoxy groups -OCH3 is 2. The van der Waals surface area contributed by atoms with Gasteiger partial charge in [-0.2, -0.15) is 26.3 Å². The summed E-state index contributed by atoms with van der Waals surface area (Å²) in [7, 11) is 7.24. The van der Waals surface area contributed by atoms with Gasteiger partial charge in [-0.1, -0.05) is 24.3 Å². The van der Waals surface area contributed by atoms with Crippen LogP contribution < -0.4 is 42.9 Å². The number of carbonyl (C=O) groups is 4. The van der Waals surface area contributed by atoms with Crippen molar-refractivity contribution in [2.75, 3.05) is 70.6 Å². The molecule has 0 radical (unpaired) electrons. The number of pyridine rings is 4. The molecular formula is C69H64F8N12O13. The number of amides is 1. The highest BCUT2D eigenvalue weighted by Crippen LogP contribution is 2.36. The highest BCUT2D eigenvalue weighted by molar-refractivity contribution is 5.99. The SMILES string of the molecule is CN[C@@H](Cc1ccc(-n2c(=O)c3ccncc3n(C)c2=O)c2ncccc12)C(=O)OC.COC(=O)[C@H](Cc1ccc(-n2c(=O)c3ccncc3n(C)c2=O)c2ncccc12)NC(=O)c1c(C)cc(N2CCOC[C@@H]2C(F)(F)F)cc1F.Cc1cc(N2CCOC[C@@H]2C(F)(F)F)cc(F)c1C(=O)O. The van der Waals surface area contributed by atoms with E-state index in [0.29, 0.717) is 45.0 Å². The third kappa shape index (κ3) is 14.8. The van der Waals surface area contributed by atoms with E-state index in [9.17, 15) is 69.1 Å². The van der Waals surface area contributed by atoms with Crippen molar-refractivity contribution in [1.29, 1.82) is 0 Å². The maximum atomic E-state index is 15.5. The molecule has 25 nitrogen and oxygen atoms in total. The third-order valence-corrected chi connectivity index (χ3v) is 17.4. The summed E-state index contributed by atoms with van der Waals surface area (Å²) < 4.78 is 134. The van der Waals surface area contributed by atoms with E-state index >= 15 is 4.39 Å². The molecule has 10 aromatic rings. The first-order valence-electron chi connectivity index (χ1n) is 31.2. The van der Waals surface area contributed by atoms with E-state index in [0.717, 1.165) is 49.1 Å². The zero-order chi connectivity index (χ0) is 73.8. The van der Waals surface area contributed by atoms with Gasteiger partial charge in [-0.25, -0.2) is 37.1 Å². The molecule has 33 heteroatoms. The normalized spacial score (nSPS) is 15.4. The molecule has 0 bridgehead atoms. The average molecular weight is 1420 g/mol. The highest BCUT2D eigenvalue weighted by atomic mass is 19.4. The number of benzene rings is 4. The molecule has 3 N–H and O–H groups in total. The van der Waals surface area contributed by atoms with E-state index in [2.05, 4.69) is 30.6 Å². The van der Waals surface area contributed by atoms with Gasteiger partial charge in [0.25, 0.3) is 17.0 Å². The van der Waals surface area contributed by atoms with Crippen molar-refractivity contribution in [3.8, 4) is 11.4 Å². The first-order chi connectivity index (χ1) is 48.5. The lowest BCUT2D eigenvalue weighted by molar-refractivity contribution is -0.167. The quantitative estimate of drug-likeness (QED) is 0.0737. The number of nitrogens with zero attached hydrogens (tertiary/aromatic N) is 10. The molecular weight excluding hydrogens is 1360 g/mol. The van der Waals surface area contributed by atoms with Crippen LogP contribution in [0.2, 0.25) is 0 Å². The molecule has 534 valence electrons. The van der Waals surface area contributed by atoms with Gasteiger partial charge in [0.1, 0.15) is 35.8 Å². The van der Waals surface area contributed by atoms with Crippen LogP contribution in [0.3, 0.4) is 0 Å². The third-order valence-electron chi connectivity index (χ3n) is 17.4. The van der Waals surface area contributed by atoms with Gasteiger partial charge < -0.3 is 44.5 Å². The second-order valence-corrected chi connectivity index (χ2v) is 23.6. The van der Waals surface area contributed by atoms with Crippen molar-refractivity contribution < 1.29 is 78.4 Å². The lowest BCUT2D eigenvalue weighted by Gasteiger charge is -2.38. The number of rotatable bonds is 14. The maximum Gasteiger partial charge on any atom is 0.411 e. The molecule has 4 atom stereocenters. The summed E-state index contributed by atoms with van der Waals surface area (Å²) in [5.74, 6) is -5.81. The molecule has 0 unspecified atom stereocenters. The number of likely N-dealkylation sites (N-methyl/N-ethyl adjacent to an activating group) is 1. The van der Waals surface area contributed by atoms with E-state index in [4.69, 9.17) is 24.1 Å². The lowest BCUT2D eigenvalue weighted by Crippen LogP contribution is -2.53. The number of aromatic carboxylic acids is 1. The number of hydrogen-bond donors (Lipinski definition) is 3. The number of nitrogens with one attached hydrogen (secondary N) is 2. The zero-order valence-electron chi connectivity index (χ0n) is 55.4. The molecule has 8 heterocycles. The molecule has 6 aromatic heterocycles. The molecule has 2 aliphatic rings. The number of carbonyl (C=O) groups excluding carboxylic acids is 3. The molecule has 1 amide bonds. The number of fused-ring (bicyclic) bond motifs is 4. The Bertz CT molecular complexity index is 5130. The van der Waals surface area contributed by atoms with Crippen molar-refractivity contribution in [3.05, 3.63) is 209 Å². The fourth-order valence-electron chi connectivity index (χ4n) is 12.3. The Morgan fingerprint density at radius 2 is 1.02 bits per heavy atom. The van der Waals surface area contributed by atoms with Gasteiger partial charge in [0.05, 0.1) is 108 Å². The zero-order valence-corrected chi connectivity index (χ0v) is 55.4. The Kier molecular flexibility index (Phi) is 21.8. The van der Waals surface area contributed by atoms with E-state index in [1.807, 2.05) is 6.07 Å². The summed E-state index contributed by atoms with van der Waals surface area (Å²) in [4.78, 5) is 121. The van der Waals surface area contributed by atoms with Gasteiger partial charge in [-0.3, -0.25) is 48.2 Å². The number of aromatic nitrogens is 8. The maximum absolute atomic E-state index is 15.5. The highest BCUT2D eigenvalue weighted by Gasteiger charge is 2.47. The number of morpholine rings is 2. The average Bonchev–Trinajstić information content (AvgIpc) is 0.752. The molecule has 0 aliphatic carbocycles. The molecule has 2 fully saturated rings. The Labute approximate surface area is 572 Å². The Balaban J connectivity index is 0.000000182. The summed E-state index contributed by atoms with van der Waals surface area (Å²) in [6.45, 7) is 1.49. The monoisotopic (exact) mass is 1420 g/mol. The topological polar surface area (TPSA) is 296 Å². The summed E-state index contributed by atoms with van der Waals surface area (Å²) in [5.41, 5.74) is 0.324. The van der Waals surface area contributed by atoms with Gasteiger partial charge >= 0.3 is 41.6 Å². The minimum atomic E-state index is -4.63. The fraction of sp³-hybridized carbons (Fsp3) is 0.304. The van der Waals surface area contributed by atoms with Crippen LogP contribution in [0.25, 0.3) is 55.0 Å². The standard InChI is InChI=1S/C34H30F4N6O6.C22H21N5O4.C13H13F4NO3/c1-18-13-20(43-11-12-50-17-27(43)34(36,37)38)15-23(35)28(18)30(45)41-24(32(47)49-3)14-19-6-7-25(29-21(19)5-4-9-40-29)44-31(46)22-8-10-39-16-26(22)42(2)33(44)48;1-23-16(21(29)31-3)11-13-6-7-17(19-14(13)5-4-9-25-19)27-20(28)15-8-10-24-12-18(15)26(2)22(27)30;1-7-4-8(5-9(14)11(7)12(19)20)18-2-3-21-6-10(18)13(15,16)17/h4-10,13,15-16,24,27H,11-12,14,17H2,1-3H3,(H,41,45);4-10,12,16,23H,11H2,1-3H3;4-5,10H,2-3,6H2,1H3,(H,19,20)/t24-,27+;16-;10-/m001/s1. The summed E-state index contributed by atoms with van der Waals surface area (Å²) in [6, 6.07) is 15.0. The van der Waals surface area contributed by atoms with Crippen LogP contribution in [-0.4, -0.2) is 164 Å². The molecule has 12 rings (SSSR count). The molecule has 0 saturated carbocycles. The number of alkyl halides is 6. The van der Waals surface area contributed by atoms with Crippen molar-refractivity contribution >= 4 is 78.8 Å². The predicted molar refractivity (Wildman–Crippen MR) is 357 cm³/mol. The number of hydrogen-bond acceptors (Lipinski definition) is 19. The fourth-order valence-corrected chi connectivity index (χ4v) is 12.3. The van der Waals surface area contributed by atoms with Gasteiger partial charge in [0.2, 0.25) is 0 Å². The van der Waals surface area contributed by atoms with Gasteiger partial charge in [-0.15, -0.1) is 0 Å². The Hall–Kier alpha value is -11.3. The van der Waals surface area contributed by atoms with Crippen LogP contribution in [0.5, 0.6) is 0 Å². The van der Waals surface area contributed by atoms with E-state index in [1.165, 1.54) is 92.4 Å². The van der Waals surface area contributed by atoms with Crippen molar-refractivity contribution in [2.24, 2.45) is 14.1 Å². The second-order valence-electron chi connectivity index (χ2n) is 23.6. The van der Waals surface area contributed by atoms with Crippen LogP contribution in [-0.2, 0) is 55.5 Å².